The fraction of sp³-hybridized carbons (Fsp3) is 0.385. The standard InChI is InChI=1S/C26H33N3O2/c1-3-20(2)19-27-26(31)23-11-7-8-12-24(23)29-17-15-22(16-18-29)28-25(30)14-13-21-9-5-4-6-10-21/h4-14,20,22H,3,15-19H2,1-2H3,(H,27,31)(H,28,30). The highest BCUT2D eigenvalue weighted by atomic mass is 16.2. The number of carbonyl (C=O) groups excluding carboxylic acids is 2. The minimum atomic E-state index is -0.0628. The molecule has 0 aromatic heterocycles. The molecule has 5 heteroatoms. The first-order valence-corrected chi connectivity index (χ1v) is 11.2. The zero-order chi connectivity index (χ0) is 22.1. The maximum absolute atomic E-state index is 12.7. The van der Waals surface area contributed by atoms with Gasteiger partial charge >= 0.3 is 0 Å². The minimum absolute atomic E-state index is 0.0163. The molecule has 1 heterocycles. The Hall–Kier alpha value is -3.08. The largest absolute Gasteiger partial charge is 0.371 e. The van der Waals surface area contributed by atoms with Crippen molar-refractivity contribution < 1.29 is 9.59 Å². The van der Waals surface area contributed by atoms with Gasteiger partial charge in [0.1, 0.15) is 0 Å². The summed E-state index contributed by atoms with van der Waals surface area (Å²) in [6.07, 6.45) is 6.18. The van der Waals surface area contributed by atoms with Gasteiger partial charge in [-0.25, -0.2) is 0 Å². The molecule has 1 saturated heterocycles. The van der Waals surface area contributed by atoms with E-state index in [1.807, 2.05) is 60.7 Å². The van der Waals surface area contributed by atoms with Crippen LogP contribution < -0.4 is 15.5 Å². The molecule has 1 aliphatic rings. The van der Waals surface area contributed by atoms with Gasteiger partial charge in [0.25, 0.3) is 5.91 Å². The lowest BCUT2D eigenvalue weighted by Gasteiger charge is -2.34. The van der Waals surface area contributed by atoms with Crippen molar-refractivity contribution in [1.29, 1.82) is 0 Å². The van der Waals surface area contributed by atoms with Crippen molar-refractivity contribution in [3.8, 4) is 0 Å². The first-order valence-electron chi connectivity index (χ1n) is 11.2. The molecule has 3 rings (SSSR count). The van der Waals surface area contributed by atoms with Crippen molar-refractivity contribution in [3.63, 3.8) is 0 Å². The van der Waals surface area contributed by atoms with E-state index in [-0.39, 0.29) is 17.9 Å². The van der Waals surface area contributed by atoms with Crippen molar-refractivity contribution in [2.75, 3.05) is 24.5 Å². The molecular weight excluding hydrogens is 386 g/mol. The second-order valence-electron chi connectivity index (χ2n) is 8.25. The Labute approximate surface area is 185 Å². The van der Waals surface area contributed by atoms with Gasteiger partial charge in [-0.3, -0.25) is 9.59 Å². The number of rotatable bonds is 8. The number of benzene rings is 2. The van der Waals surface area contributed by atoms with Gasteiger partial charge in [-0.15, -0.1) is 0 Å². The lowest BCUT2D eigenvalue weighted by atomic mass is 10.0. The van der Waals surface area contributed by atoms with Crippen LogP contribution in [0.15, 0.2) is 60.7 Å². The number of nitrogens with zero attached hydrogens (tertiary/aromatic N) is 1. The Bertz CT molecular complexity index is 887. The van der Waals surface area contributed by atoms with Crippen molar-refractivity contribution in [2.45, 2.75) is 39.2 Å². The topological polar surface area (TPSA) is 61.4 Å². The maximum Gasteiger partial charge on any atom is 0.253 e. The minimum Gasteiger partial charge on any atom is -0.371 e. The summed E-state index contributed by atoms with van der Waals surface area (Å²) in [6.45, 7) is 6.58. The molecule has 1 atom stereocenters. The second-order valence-corrected chi connectivity index (χ2v) is 8.25. The van der Waals surface area contributed by atoms with E-state index in [2.05, 4.69) is 29.4 Å². The van der Waals surface area contributed by atoms with Gasteiger partial charge in [0.15, 0.2) is 0 Å². The smallest absolute Gasteiger partial charge is 0.253 e. The fourth-order valence-corrected chi connectivity index (χ4v) is 3.70. The molecule has 2 N–H and O–H groups in total. The predicted molar refractivity (Wildman–Crippen MR) is 127 cm³/mol. The molecule has 0 spiro atoms. The van der Waals surface area contributed by atoms with Crippen LogP contribution in [0.3, 0.4) is 0 Å². The van der Waals surface area contributed by atoms with E-state index in [4.69, 9.17) is 0 Å². The van der Waals surface area contributed by atoms with Gasteiger partial charge in [0.05, 0.1) is 5.56 Å². The molecule has 5 nitrogen and oxygen atoms in total. The summed E-state index contributed by atoms with van der Waals surface area (Å²) < 4.78 is 0. The molecule has 2 aromatic carbocycles. The molecule has 1 aliphatic heterocycles. The monoisotopic (exact) mass is 419 g/mol. The van der Waals surface area contributed by atoms with E-state index in [9.17, 15) is 9.59 Å². The van der Waals surface area contributed by atoms with Crippen LogP contribution >= 0.6 is 0 Å². The summed E-state index contributed by atoms with van der Waals surface area (Å²) in [6, 6.07) is 17.7. The van der Waals surface area contributed by atoms with Crippen LogP contribution in [-0.2, 0) is 4.79 Å². The van der Waals surface area contributed by atoms with Crippen LogP contribution in [0, 0.1) is 5.92 Å². The highest BCUT2D eigenvalue weighted by Gasteiger charge is 2.23. The third kappa shape index (κ3) is 6.71. The van der Waals surface area contributed by atoms with Crippen molar-refractivity contribution >= 4 is 23.6 Å². The summed E-state index contributed by atoms with van der Waals surface area (Å²) in [4.78, 5) is 27.2. The van der Waals surface area contributed by atoms with Crippen molar-refractivity contribution in [2.24, 2.45) is 5.92 Å². The summed E-state index contributed by atoms with van der Waals surface area (Å²) in [5, 5.41) is 6.17. The number of nitrogens with one attached hydrogen (secondary N) is 2. The maximum atomic E-state index is 12.7. The van der Waals surface area contributed by atoms with Gasteiger partial charge in [-0.2, -0.15) is 0 Å². The lowest BCUT2D eigenvalue weighted by Crippen LogP contribution is -2.44. The molecule has 2 aromatic rings. The number of anilines is 1. The predicted octanol–water partition coefficient (Wildman–Crippen LogP) is 4.26. The first kappa shape index (κ1) is 22.6. The molecular formula is C26H33N3O2. The molecule has 0 bridgehead atoms. The van der Waals surface area contributed by atoms with Gasteiger partial charge in [-0.1, -0.05) is 62.7 Å². The number of para-hydroxylation sites is 1. The number of piperidine rings is 1. The third-order valence-electron chi connectivity index (χ3n) is 5.87. The zero-order valence-electron chi connectivity index (χ0n) is 18.5. The third-order valence-corrected chi connectivity index (χ3v) is 5.87. The lowest BCUT2D eigenvalue weighted by molar-refractivity contribution is -0.117. The molecule has 0 aliphatic carbocycles. The number of hydrogen-bond donors (Lipinski definition) is 2. The van der Waals surface area contributed by atoms with Crippen LogP contribution in [0.5, 0.6) is 0 Å². The first-order chi connectivity index (χ1) is 15.1. The van der Waals surface area contributed by atoms with Gasteiger partial charge in [0.2, 0.25) is 5.91 Å². The average Bonchev–Trinajstić information content (AvgIpc) is 2.82. The van der Waals surface area contributed by atoms with Gasteiger partial charge < -0.3 is 15.5 Å². The van der Waals surface area contributed by atoms with Gasteiger partial charge in [0, 0.05) is 37.4 Å². The van der Waals surface area contributed by atoms with Crippen LogP contribution in [0.1, 0.15) is 49.0 Å². The number of hydrogen-bond acceptors (Lipinski definition) is 3. The molecule has 0 radical (unpaired) electrons. The van der Waals surface area contributed by atoms with E-state index in [1.54, 1.807) is 6.08 Å². The Kier molecular flexibility index (Phi) is 8.27. The molecule has 1 unspecified atom stereocenters. The highest BCUT2D eigenvalue weighted by molar-refractivity contribution is 5.99. The molecule has 31 heavy (non-hydrogen) atoms. The zero-order valence-corrected chi connectivity index (χ0v) is 18.5. The van der Waals surface area contributed by atoms with Gasteiger partial charge in [-0.05, 0) is 42.5 Å². The SMILES string of the molecule is CCC(C)CNC(=O)c1ccccc1N1CCC(NC(=O)C=Cc2ccccc2)CC1. The molecule has 0 saturated carbocycles. The number of amides is 2. The Morgan fingerprint density at radius 1 is 1.06 bits per heavy atom. The highest BCUT2D eigenvalue weighted by Crippen LogP contribution is 2.24. The Morgan fingerprint density at radius 2 is 1.74 bits per heavy atom. The van der Waals surface area contributed by atoms with E-state index in [0.29, 0.717) is 12.5 Å². The average molecular weight is 420 g/mol. The van der Waals surface area contributed by atoms with E-state index in [1.165, 1.54) is 0 Å². The quantitative estimate of drug-likeness (QED) is 0.629. The molecule has 2 amide bonds. The number of carbonyl (C=O) groups is 2. The van der Waals surface area contributed by atoms with Crippen LogP contribution in [0.25, 0.3) is 6.08 Å². The molecule has 164 valence electrons. The van der Waals surface area contributed by atoms with E-state index in [0.717, 1.165) is 49.2 Å². The van der Waals surface area contributed by atoms with Crippen molar-refractivity contribution in [3.05, 3.63) is 71.8 Å². The van der Waals surface area contributed by atoms with Crippen LogP contribution in [-0.4, -0.2) is 37.5 Å². The summed E-state index contributed by atoms with van der Waals surface area (Å²) in [5.41, 5.74) is 2.70. The normalized spacial score (nSPS) is 15.6. The van der Waals surface area contributed by atoms with E-state index < -0.39 is 0 Å². The van der Waals surface area contributed by atoms with Crippen LogP contribution in [0.2, 0.25) is 0 Å². The summed E-state index contributed by atoms with van der Waals surface area (Å²) in [7, 11) is 0. The summed E-state index contributed by atoms with van der Waals surface area (Å²) in [5.74, 6) is 0.385. The fourth-order valence-electron chi connectivity index (χ4n) is 3.70. The molecule has 1 fully saturated rings. The summed E-state index contributed by atoms with van der Waals surface area (Å²) >= 11 is 0. The van der Waals surface area contributed by atoms with Crippen LogP contribution in [0.4, 0.5) is 5.69 Å². The second kappa shape index (κ2) is 11.3. The Balaban J connectivity index is 1.53. The Morgan fingerprint density at radius 3 is 2.45 bits per heavy atom. The van der Waals surface area contributed by atoms with Crippen molar-refractivity contribution in [1.82, 2.24) is 10.6 Å². The van der Waals surface area contributed by atoms with E-state index >= 15 is 0 Å².